The molecule has 0 radical (unpaired) electrons. The molecular formula is C30H35N3O7S. The number of ether oxygens (including phenoxy) is 2. The SMILES string of the molecule is O=C(NCCCO)C(c1ccccc1)N(Cc1ccccc1)C(=O)COc1ccc(S(=O)(=O)N2CCOCC2)cc1. The predicted molar refractivity (Wildman–Crippen MR) is 152 cm³/mol. The lowest BCUT2D eigenvalue weighted by Crippen LogP contribution is -2.45. The molecule has 1 aliphatic rings. The number of nitrogens with zero attached hydrogens (tertiary/aromatic N) is 2. The first-order chi connectivity index (χ1) is 19.9. The summed E-state index contributed by atoms with van der Waals surface area (Å²) in [5.41, 5.74) is 1.47. The second-order valence-corrected chi connectivity index (χ2v) is 11.4. The van der Waals surface area contributed by atoms with E-state index in [2.05, 4.69) is 5.32 Å². The minimum absolute atomic E-state index is 0.0661. The van der Waals surface area contributed by atoms with E-state index < -0.39 is 22.0 Å². The van der Waals surface area contributed by atoms with Crippen LogP contribution in [0.2, 0.25) is 0 Å². The Balaban J connectivity index is 1.53. The molecule has 0 aromatic heterocycles. The maximum atomic E-state index is 13.7. The highest BCUT2D eigenvalue weighted by Gasteiger charge is 2.32. The van der Waals surface area contributed by atoms with Crippen LogP contribution in [0, 0.1) is 0 Å². The van der Waals surface area contributed by atoms with Gasteiger partial charge in [0.05, 0.1) is 18.1 Å². The smallest absolute Gasteiger partial charge is 0.261 e. The molecule has 1 unspecified atom stereocenters. The second kappa shape index (κ2) is 14.7. The lowest BCUT2D eigenvalue weighted by molar-refractivity contribution is -0.143. The molecule has 10 nitrogen and oxygen atoms in total. The van der Waals surface area contributed by atoms with Crippen LogP contribution in [0.1, 0.15) is 23.6 Å². The molecule has 1 aliphatic heterocycles. The number of aliphatic hydroxyl groups excluding tert-OH is 1. The normalized spacial score (nSPS) is 14.7. The molecule has 1 atom stereocenters. The summed E-state index contributed by atoms with van der Waals surface area (Å²) < 4.78 is 38.2. The summed E-state index contributed by atoms with van der Waals surface area (Å²) in [5, 5.41) is 12.0. The van der Waals surface area contributed by atoms with Crippen molar-refractivity contribution in [3.63, 3.8) is 0 Å². The third-order valence-corrected chi connectivity index (χ3v) is 8.53. The number of benzene rings is 3. The Kier molecular flexibility index (Phi) is 10.9. The fourth-order valence-electron chi connectivity index (χ4n) is 4.47. The highest BCUT2D eigenvalue weighted by atomic mass is 32.2. The van der Waals surface area contributed by atoms with Gasteiger partial charge in [-0.3, -0.25) is 9.59 Å². The van der Waals surface area contributed by atoms with Gasteiger partial charge in [0.15, 0.2) is 6.61 Å². The van der Waals surface area contributed by atoms with Crippen molar-refractivity contribution in [3.05, 3.63) is 96.1 Å². The van der Waals surface area contributed by atoms with Crippen molar-refractivity contribution in [2.45, 2.75) is 23.9 Å². The number of hydrogen-bond acceptors (Lipinski definition) is 7. The molecule has 0 spiro atoms. The highest BCUT2D eigenvalue weighted by molar-refractivity contribution is 7.89. The van der Waals surface area contributed by atoms with Gasteiger partial charge < -0.3 is 24.8 Å². The molecule has 41 heavy (non-hydrogen) atoms. The Morgan fingerprint density at radius 3 is 2.22 bits per heavy atom. The molecule has 2 N–H and O–H groups in total. The van der Waals surface area contributed by atoms with E-state index in [1.54, 1.807) is 24.3 Å². The van der Waals surface area contributed by atoms with E-state index in [1.807, 2.05) is 36.4 Å². The van der Waals surface area contributed by atoms with E-state index >= 15 is 0 Å². The van der Waals surface area contributed by atoms with Crippen molar-refractivity contribution in [3.8, 4) is 5.75 Å². The Morgan fingerprint density at radius 2 is 1.59 bits per heavy atom. The summed E-state index contributed by atoms with van der Waals surface area (Å²) in [5.74, 6) is -0.473. The number of hydrogen-bond donors (Lipinski definition) is 2. The summed E-state index contributed by atoms with van der Waals surface area (Å²) in [4.78, 5) is 28.7. The van der Waals surface area contributed by atoms with Crippen LogP contribution in [0.25, 0.3) is 0 Å². The lowest BCUT2D eigenvalue weighted by Gasteiger charge is -2.31. The molecular weight excluding hydrogens is 546 g/mol. The van der Waals surface area contributed by atoms with Crippen molar-refractivity contribution in [2.24, 2.45) is 0 Å². The topological polar surface area (TPSA) is 125 Å². The fraction of sp³-hybridized carbons (Fsp3) is 0.333. The molecule has 0 bridgehead atoms. The average Bonchev–Trinajstić information content (AvgIpc) is 3.01. The standard InChI is InChI=1S/C30H35N3O7S/c34-19-7-16-31-30(36)29(25-10-5-2-6-11-25)33(22-24-8-3-1-4-9-24)28(35)23-40-26-12-14-27(15-13-26)41(37,38)32-17-20-39-21-18-32/h1-6,8-15,29,34H,7,16-23H2,(H,31,36). The minimum atomic E-state index is -3.66. The van der Waals surface area contributed by atoms with Crippen LogP contribution < -0.4 is 10.1 Å². The molecule has 4 rings (SSSR count). The van der Waals surface area contributed by atoms with Crippen LogP contribution in [0.3, 0.4) is 0 Å². The van der Waals surface area contributed by atoms with Gasteiger partial charge in [0.2, 0.25) is 15.9 Å². The molecule has 0 aliphatic carbocycles. The second-order valence-electron chi connectivity index (χ2n) is 9.47. The van der Waals surface area contributed by atoms with Gasteiger partial charge in [-0.15, -0.1) is 0 Å². The van der Waals surface area contributed by atoms with Crippen LogP contribution in [0.5, 0.6) is 5.75 Å². The summed E-state index contributed by atoms with van der Waals surface area (Å²) >= 11 is 0. The minimum Gasteiger partial charge on any atom is -0.484 e. The third-order valence-electron chi connectivity index (χ3n) is 6.62. The molecule has 2 amide bonds. The van der Waals surface area contributed by atoms with Crippen molar-refractivity contribution >= 4 is 21.8 Å². The maximum Gasteiger partial charge on any atom is 0.261 e. The first kappa shape index (κ1) is 30.2. The van der Waals surface area contributed by atoms with Crippen LogP contribution in [-0.4, -0.2) is 80.6 Å². The van der Waals surface area contributed by atoms with E-state index in [4.69, 9.17) is 14.6 Å². The zero-order valence-electron chi connectivity index (χ0n) is 22.7. The number of amides is 2. The molecule has 0 saturated carbocycles. The van der Waals surface area contributed by atoms with E-state index in [0.717, 1.165) is 5.56 Å². The number of aliphatic hydroxyl groups is 1. The van der Waals surface area contributed by atoms with E-state index in [0.29, 0.717) is 44.0 Å². The maximum absolute atomic E-state index is 13.7. The van der Waals surface area contributed by atoms with Gasteiger partial charge in [-0.2, -0.15) is 4.31 Å². The summed E-state index contributed by atoms with van der Waals surface area (Å²) in [6.07, 6.45) is 0.389. The zero-order chi connectivity index (χ0) is 29.1. The zero-order valence-corrected chi connectivity index (χ0v) is 23.5. The van der Waals surface area contributed by atoms with Crippen molar-refractivity contribution < 1.29 is 32.6 Å². The number of rotatable bonds is 13. The van der Waals surface area contributed by atoms with Gasteiger partial charge in [-0.1, -0.05) is 60.7 Å². The fourth-order valence-corrected chi connectivity index (χ4v) is 5.88. The number of carbonyl (C=O) groups is 2. The average molecular weight is 582 g/mol. The molecule has 11 heteroatoms. The predicted octanol–water partition coefficient (Wildman–Crippen LogP) is 2.36. The monoisotopic (exact) mass is 581 g/mol. The molecule has 3 aromatic carbocycles. The number of carbonyl (C=O) groups excluding carboxylic acids is 2. The molecule has 218 valence electrons. The van der Waals surface area contributed by atoms with Gasteiger partial charge in [0, 0.05) is 32.8 Å². The highest BCUT2D eigenvalue weighted by Crippen LogP contribution is 2.25. The van der Waals surface area contributed by atoms with Gasteiger partial charge in [0.25, 0.3) is 5.91 Å². The summed E-state index contributed by atoms with van der Waals surface area (Å²) in [7, 11) is -3.66. The Bertz CT molecular complexity index is 1360. The molecule has 1 heterocycles. The number of sulfonamides is 1. The Hall–Kier alpha value is -3.77. The molecule has 1 saturated heterocycles. The Morgan fingerprint density at radius 1 is 0.951 bits per heavy atom. The van der Waals surface area contributed by atoms with Gasteiger partial charge >= 0.3 is 0 Å². The van der Waals surface area contributed by atoms with E-state index in [1.165, 1.54) is 33.5 Å². The first-order valence-electron chi connectivity index (χ1n) is 13.5. The summed E-state index contributed by atoms with van der Waals surface area (Å²) in [6, 6.07) is 23.4. The first-order valence-corrected chi connectivity index (χ1v) is 14.9. The third kappa shape index (κ3) is 8.14. The Labute approximate surface area is 240 Å². The summed E-state index contributed by atoms with van der Waals surface area (Å²) in [6.45, 7) is 1.29. The largest absolute Gasteiger partial charge is 0.484 e. The van der Waals surface area contributed by atoms with E-state index in [9.17, 15) is 18.0 Å². The van der Waals surface area contributed by atoms with Crippen LogP contribution in [0.4, 0.5) is 0 Å². The number of nitrogens with one attached hydrogen (secondary N) is 1. The van der Waals surface area contributed by atoms with Crippen molar-refractivity contribution in [2.75, 3.05) is 46.1 Å². The lowest BCUT2D eigenvalue weighted by atomic mass is 10.0. The van der Waals surface area contributed by atoms with Gasteiger partial charge in [-0.05, 0) is 41.8 Å². The van der Waals surface area contributed by atoms with Crippen molar-refractivity contribution in [1.82, 2.24) is 14.5 Å². The van der Waals surface area contributed by atoms with Gasteiger partial charge in [-0.25, -0.2) is 8.42 Å². The van der Waals surface area contributed by atoms with Crippen LogP contribution in [-0.2, 0) is 30.9 Å². The van der Waals surface area contributed by atoms with E-state index in [-0.39, 0.29) is 37.1 Å². The molecule has 1 fully saturated rings. The number of morpholine rings is 1. The van der Waals surface area contributed by atoms with Crippen LogP contribution >= 0.6 is 0 Å². The van der Waals surface area contributed by atoms with Gasteiger partial charge in [0.1, 0.15) is 11.8 Å². The van der Waals surface area contributed by atoms with Crippen LogP contribution in [0.15, 0.2) is 89.8 Å². The molecule has 3 aromatic rings. The quantitative estimate of drug-likeness (QED) is 0.297. The van der Waals surface area contributed by atoms with Crippen molar-refractivity contribution in [1.29, 1.82) is 0 Å².